The van der Waals surface area contributed by atoms with Gasteiger partial charge in [0.1, 0.15) is 5.69 Å². The van der Waals surface area contributed by atoms with Crippen molar-refractivity contribution in [2.24, 2.45) is 0 Å². The van der Waals surface area contributed by atoms with Crippen LogP contribution in [0.5, 0.6) is 0 Å². The Morgan fingerprint density at radius 3 is 2.39 bits per heavy atom. The van der Waals surface area contributed by atoms with Crippen LogP contribution in [0, 0.1) is 0 Å². The summed E-state index contributed by atoms with van der Waals surface area (Å²) >= 11 is 0. The summed E-state index contributed by atoms with van der Waals surface area (Å²) in [5, 5.41) is 7.43. The molecule has 0 amide bonds. The van der Waals surface area contributed by atoms with E-state index in [0.717, 1.165) is 29.0 Å². The van der Waals surface area contributed by atoms with Crippen LogP contribution in [0.3, 0.4) is 0 Å². The van der Waals surface area contributed by atoms with Crippen LogP contribution >= 0.6 is 0 Å². The number of nitrogens with one attached hydrogen (secondary N) is 1. The number of rotatable bonds is 8. The molecule has 2 aromatic carbocycles. The van der Waals surface area contributed by atoms with Crippen LogP contribution in [-0.2, 0) is 17.3 Å². The number of nitrogens with two attached hydrogens (primary N) is 1. The molecule has 2 atom stereocenters. The van der Waals surface area contributed by atoms with Gasteiger partial charge >= 0.3 is 0 Å². The molecule has 4 rings (SSSR count). The minimum Gasteiger partial charge on any atom is -0.382 e. The zero-order valence-electron chi connectivity index (χ0n) is 18.9. The molecule has 0 bridgehead atoms. The van der Waals surface area contributed by atoms with Crippen LogP contribution in [0.1, 0.15) is 25.8 Å². The molecule has 0 spiro atoms. The summed E-state index contributed by atoms with van der Waals surface area (Å²) in [6.45, 7) is 4.83. The predicted octanol–water partition coefficient (Wildman–Crippen LogP) is 4.67. The van der Waals surface area contributed by atoms with E-state index in [1.807, 2.05) is 75.5 Å². The standard InChI is InChI=1S/C25H27N5O2S/c1-4-16(2)33(31)20-11-9-19(10-12-20)22-15-28-25(26)24(29-22)23-13-21(30-32-23)18-7-5-17(6-8-18)14-27-3/h5-13,15-16,27H,4,14H2,1-3H3,(H2,26,28). The molecule has 7 nitrogen and oxygen atoms in total. The van der Waals surface area contributed by atoms with Gasteiger partial charge in [-0.25, -0.2) is 9.97 Å². The minimum absolute atomic E-state index is 0.110. The Morgan fingerprint density at radius 1 is 1.06 bits per heavy atom. The van der Waals surface area contributed by atoms with Crippen molar-refractivity contribution >= 4 is 16.6 Å². The van der Waals surface area contributed by atoms with Gasteiger partial charge in [0.2, 0.25) is 0 Å². The van der Waals surface area contributed by atoms with Gasteiger partial charge in [0.05, 0.1) is 22.7 Å². The second-order valence-electron chi connectivity index (χ2n) is 7.83. The average Bonchev–Trinajstić information content (AvgIpc) is 3.34. The molecule has 0 aliphatic heterocycles. The monoisotopic (exact) mass is 461 g/mol. The first-order valence-electron chi connectivity index (χ1n) is 10.8. The summed E-state index contributed by atoms with van der Waals surface area (Å²) in [7, 11) is 0.884. The highest BCUT2D eigenvalue weighted by atomic mass is 32.2. The Balaban J connectivity index is 1.60. The topological polar surface area (TPSA) is 107 Å². The molecule has 0 fully saturated rings. The van der Waals surface area contributed by atoms with E-state index in [1.165, 1.54) is 5.56 Å². The summed E-state index contributed by atoms with van der Waals surface area (Å²) in [5.41, 5.74) is 10.9. The number of benzene rings is 2. The van der Waals surface area contributed by atoms with E-state index in [2.05, 4.69) is 20.4 Å². The first kappa shape index (κ1) is 22.8. The van der Waals surface area contributed by atoms with Crippen LogP contribution in [-0.4, -0.2) is 31.6 Å². The Bertz CT molecular complexity index is 1250. The fourth-order valence-electron chi connectivity index (χ4n) is 3.38. The van der Waals surface area contributed by atoms with E-state index in [9.17, 15) is 4.21 Å². The highest BCUT2D eigenvalue weighted by Gasteiger charge is 2.16. The minimum atomic E-state index is -1.03. The van der Waals surface area contributed by atoms with E-state index in [1.54, 1.807) is 6.20 Å². The lowest BCUT2D eigenvalue weighted by Gasteiger charge is -2.09. The maximum absolute atomic E-state index is 12.5. The van der Waals surface area contributed by atoms with Crippen molar-refractivity contribution in [3.63, 3.8) is 0 Å². The number of hydrogen-bond acceptors (Lipinski definition) is 7. The number of aromatic nitrogens is 3. The predicted molar refractivity (Wildman–Crippen MR) is 132 cm³/mol. The van der Waals surface area contributed by atoms with Crippen LogP contribution in [0.2, 0.25) is 0 Å². The van der Waals surface area contributed by atoms with Crippen LogP contribution in [0.15, 0.2) is 70.2 Å². The Morgan fingerprint density at radius 2 is 1.73 bits per heavy atom. The zero-order chi connectivity index (χ0) is 23.4. The summed E-state index contributed by atoms with van der Waals surface area (Å²) in [4.78, 5) is 9.79. The third-order valence-electron chi connectivity index (χ3n) is 5.50. The molecule has 0 radical (unpaired) electrons. The number of anilines is 1. The third-order valence-corrected chi connectivity index (χ3v) is 7.30. The molecule has 2 unspecified atom stereocenters. The van der Waals surface area contributed by atoms with Gasteiger partial charge in [-0.05, 0) is 31.2 Å². The van der Waals surface area contributed by atoms with Crippen LogP contribution in [0.4, 0.5) is 5.82 Å². The highest BCUT2D eigenvalue weighted by molar-refractivity contribution is 7.85. The Hall–Kier alpha value is -3.36. The Kier molecular flexibility index (Phi) is 6.96. The van der Waals surface area contributed by atoms with Crippen LogP contribution in [0.25, 0.3) is 34.0 Å². The molecule has 0 saturated carbocycles. The summed E-state index contributed by atoms with van der Waals surface area (Å²) in [6, 6.07) is 17.5. The normalized spacial score (nSPS) is 13.1. The SMILES string of the molecule is CCC(C)S(=O)c1ccc(-c2cnc(N)c(-c3cc(-c4ccc(CNC)cc4)no3)n2)cc1. The molecule has 2 heterocycles. The molecule has 0 saturated heterocycles. The van der Waals surface area contributed by atoms with Gasteiger partial charge in [-0.1, -0.05) is 55.4 Å². The van der Waals surface area contributed by atoms with Gasteiger partial charge in [-0.15, -0.1) is 0 Å². The fraction of sp³-hybridized carbons (Fsp3) is 0.240. The lowest BCUT2D eigenvalue weighted by Crippen LogP contribution is -2.09. The van der Waals surface area contributed by atoms with Gasteiger partial charge in [0.25, 0.3) is 0 Å². The Labute approximate surface area is 195 Å². The molecule has 8 heteroatoms. The van der Waals surface area contributed by atoms with Crippen molar-refractivity contribution in [2.45, 2.75) is 37.0 Å². The van der Waals surface area contributed by atoms with E-state index in [-0.39, 0.29) is 11.1 Å². The molecule has 0 aliphatic rings. The lowest BCUT2D eigenvalue weighted by atomic mass is 10.1. The van der Waals surface area contributed by atoms with Crippen molar-refractivity contribution in [1.82, 2.24) is 20.4 Å². The van der Waals surface area contributed by atoms with E-state index >= 15 is 0 Å². The fourth-order valence-corrected chi connectivity index (χ4v) is 4.55. The van der Waals surface area contributed by atoms with E-state index in [4.69, 9.17) is 10.3 Å². The van der Waals surface area contributed by atoms with Gasteiger partial charge in [-0.2, -0.15) is 0 Å². The molecule has 2 aromatic heterocycles. The van der Waals surface area contributed by atoms with E-state index in [0.29, 0.717) is 22.8 Å². The zero-order valence-corrected chi connectivity index (χ0v) is 19.7. The second-order valence-corrected chi connectivity index (χ2v) is 9.70. The van der Waals surface area contributed by atoms with Crippen molar-refractivity contribution in [1.29, 1.82) is 0 Å². The molecular formula is C25H27N5O2S. The maximum Gasteiger partial charge on any atom is 0.189 e. The van der Waals surface area contributed by atoms with Crippen molar-refractivity contribution in [3.8, 4) is 34.0 Å². The molecular weight excluding hydrogens is 434 g/mol. The molecule has 0 aliphatic carbocycles. The van der Waals surface area contributed by atoms with Crippen molar-refractivity contribution < 1.29 is 8.73 Å². The molecule has 33 heavy (non-hydrogen) atoms. The number of nitrogen functional groups attached to an aromatic ring is 1. The first-order chi connectivity index (χ1) is 16.0. The van der Waals surface area contributed by atoms with E-state index < -0.39 is 10.8 Å². The van der Waals surface area contributed by atoms with Gasteiger partial charge < -0.3 is 15.6 Å². The quantitative estimate of drug-likeness (QED) is 0.392. The van der Waals surface area contributed by atoms with Gasteiger partial charge in [-0.3, -0.25) is 4.21 Å². The summed E-state index contributed by atoms with van der Waals surface area (Å²) < 4.78 is 18.1. The largest absolute Gasteiger partial charge is 0.382 e. The summed E-state index contributed by atoms with van der Waals surface area (Å²) in [5.74, 6) is 0.714. The molecule has 4 aromatic rings. The highest BCUT2D eigenvalue weighted by Crippen LogP contribution is 2.30. The first-order valence-corrected chi connectivity index (χ1v) is 12.1. The lowest BCUT2D eigenvalue weighted by molar-refractivity contribution is 0.434. The van der Waals surface area contributed by atoms with Gasteiger partial charge in [0.15, 0.2) is 17.3 Å². The second kappa shape index (κ2) is 10.1. The third kappa shape index (κ3) is 5.02. The maximum atomic E-state index is 12.5. The van der Waals surface area contributed by atoms with Crippen LogP contribution < -0.4 is 11.1 Å². The molecule has 3 N–H and O–H groups in total. The van der Waals surface area contributed by atoms with Crippen molar-refractivity contribution in [2.75, 3.05) is 12.8 Å². The van der Waals surface area contributed by atoms with Gasteiger partial charge in [0, 0.05) is 33.9 Å². The summed E-state index contributed by atoms with van der Waals surface area (Å²) in [6.07, 6.45) is 2.48. The number of nitrogens with zero attached hydrogens (tertiary/aromatic N) is 3. The van der Waals surface area contributed by atoms with Crippen molar-refractivity contribution in [3.05, 3.63) is 66.4 Å². The number of hydrogen-bond donors (Lipinski definition) is 2. The molecule has 170 valence electrons. The smallest absolute Gasteiger partial charge is 0.189 e. The average molecular weight is 462 g/mol.